The highest BCUT2D eigenvalue weighted by Crippen LogP contribution is 2.11. The molecule has 0 aliphatic heterocycles. The van der Waals surface area contributed by atoms with Gasteiger partial charge in [-0.25, -0.2) is 23.1 Å². The summed E-state index contributed by atoms with van der Waals surface area (Å²) in [6, 6.07) is 0. The fraction of sp³-hybridized carbons (Fsp3) is 0.417. The van der Waals surface area contributed by atoms with Crippen molar-refractivity contribution in [2.75, 3.05) is 12.4 Å². The van der Waals surface area contributed by atoms with Crippen molar-refractivity contribution in [1.29, 1.82) is 0 Å². The summed E-state index contributed by atoms with van der Waals surface area (Å²) in [5.74, 6) is 0.370. The topological polar surface area (TPSA) is 102 Å². The lowest BCUT2D eigenvalue weighted by Crippen LogP contribution is -2.24. The average Bonchev–Trinajstić information content (AvgIpc) is 2.85. The Hall–Kier alpha value is -2.00. The van der Waals surface area contributed by atoms with E-state index in [2.05, 4.69) is 25.1 Å². The Morgan fingerprint density at radius 3 is 2.52 bits per heavy atom. The molecule has 0 fully saturated rings. The van der Waals surface area contributed by atoms with Crippen molar-refractivity contribution in [2.45, 2.75) is 24.8 Å². The quantitative estimate of drug-likeness (QED) is 0.795. The molecule has 0 aliphatic rings. The van der Waals surface area contributed by atoms with Crippen molar-refractivity contribution < 1.29 is 8.42 Å². The highest BCUT2D eigenvalue weighted by molar-refractivity contribution is 7.89. The summed E-state index contributed by atoms with van der Waals surface area (Å²) in [6.07, 6.45) is 5.09. The Morgan fingerprint density at radius 2 is 1.95 bits per heavy atom. The van der Waals surface area contributed by atoms with Gasteiger partial charge in [0.15, 0.2) is 0 Å². The second-order valence-electron chi connectivity index (χ2n) is 4.45. The number of aryl methyl sites for hydroxylation is 2. The molecular weight excluding hydrogens is 292 g/mol. The van der Waals surface area contributed by atoms with Crippen molar-refractivity contribution in [3.8, 4) is 0 Å². The molecule has 0 radical (unpaired) electrons. The first-order valence-corrected chi connectivity index (χ1v) is 7.95. The standard InChI is InChI=1S/C12H18N6O2S/c1-4-11-9(8-18(3)17-11)5-16-21(19,20)10-6-14-12(13-2)15-7-10/h6-8,16H,4-5H2,1-3H3,(H,13,14,15). The van der Waals surface area contributed by atoms with E-state index in [0.717, 1.165) is 17.7 Å². The zero-order valence-electron chi connectivity index (χ0n) is 12.2. The lowest BCUT2D eigenvalue weighted by atomic mass is 10.2. The number of anilines is 1. The van der Waals surface area contributed by atoms with Crippen molar-refractivity contribution >= 4 is 16.0 Å². The first kappa shape index (κ1) is 15.4. The lowest BCUT2D eigenvalue weighted by molar-refractivity contribution is 0.580. The maximum atomic E-state index is 12.2. The monoisotopic (exact) mass is 310 g/mol. The molecule has 0 saturated carbocycles. The first-order valence-electron chi connectivity index (χ1n) is 6.47. The molecule has 0 amide bonds. The fourth-order valence-electron chi connectivity index (χ4n) is 1.87. The van der Waals surface area contributed by atoms with Crippen LogP contribution in [0.1, 0.15) is 18.2 Å². The van der Waals surface area contributed by atoms with Crippen LogP contribution in [0.5, 0.6) is 0 Å². The Bertz CT molecular complexity index is 708. The third-order valence-electron chi connectivity index (χ3n) is 2.94. The fourth-order valence-corrected chi connectivity index (χ4v) is 2.76. The number of aromatic nitrogens is 4. The largest absolute Gasteiger partial charge is 0.357 e. The molecule has 0 bridgehead atoms. The Balaban J connectivity index is 2.13. The minimum absolute atomic E-state index is 0.0310. The summed E-state index contributed by atoms with van der Waals surface area (Å²) in [6.45, 7) is 2.16. The summed E-state index contributed by atoms with van der Waals surface area (Å²) in [4.78, 5) is 7.83. The molecule has 2 heterocycles. The Kier molecular flexibility index (Phi) is 4.53. The van der Waals surface area contributed by atoms with Crippen LogP contribution < -0.4 is 10.0 Å². The molecule has 0 spiro atoms. The van der Waals surface area contributed by atoms with Crippen LogP contribution in [0, 0.1) is 0 Å². The maximum absolute atomic E-state index is 12.2. The lowest BCUT2D eigenvalue weighted by Gasteiger charge is -2.06. The summed E-state index contributed by atoms with van der Waals surface area (Å²) in [5, 5.41) is 7.01. The van der Waals surface area contributed by atoms with E-state index in [4.69, 9.17) is 0 Å². The van der Waals surface area contributed by atoms with Crippen molar-refractivity contribution in [2.24, 2.45) is 7.05 Å². The SMILES string of the molecule is CCc1nn(C)cc1CNS(=O)(=O)c1cnc(NC)nc1. The van der Waals surface area contributed by atoms with Crippen LogP contribution in [-0.2, 0) is 30.0 Å². The molecule has 2 N–H and O–H groups in total. The van der Waals surface area contributed by atoms with Crippen molar-refractivity contribution in [3.05, 3.63) is 29.8 Å². The highest BCUT2D eigenvalue weighted by Gasteiger charge is 2.16. The third-order valence-corrected chi connectivity index (χ3v) is 4.30. The van der Waals surface area contributed by atoms with E-state index in [0.29, 0.717) is 5.95 Å². The van der Waals surface area contributed by atoms with Gasteiger partial charge in [-0.1, -0.05) is 6.92 Å². The highest BCUT2D eigenvalue weighted by atomic mass is 32.2. The number of hydrogen-bond donors (Lipinski definition) is 2. The van der Waals surface area contributed by atoms with Gasteiger partial charge in [-0.2, -0.15) is 5.10 Å². The summed E-state index contributed by atoms with van der Waals surface area (Å²) in [5.41, 5.74) is 1.73. The van der Waals surface area contributed by atoms with E-state index >= 15 is 0 Å². The van der Waals surface area contributed by atoms with Crippen LogP contribution in [0.4, 0.5) is 5.95 Å². The minimum Gasteiger partial charge on any atom is -0.357 e. The first-order chi connectivity index (χ1) is 9.96. The molecule has 21 heavy (non-hydrogen) atoms. The molecule has 9 heteroatoms. The van der Waals surface area contributed by atoms with Gasteiger partial charge in [0.25, 0.3) is 0 Å². The molecule has 114 valence electrons. The van der Waals surface area contributed by atoms with Crippen LogP contribution in [0.2, 0.25) is 0 Å². The minimum atomic E-state index is -3.64. The number of nitrogens with one attached hydrogen (secondary N) is 2. The number of sulfonamides is 1. The van der Waals surface area contributed by atoms with Crippen LogP contribution in [-0.4, -0.2) is 35.2 Å². The van der Waals surface area contributed by atoms with E-state index < -0.39 is 10.0 Å². The van der Waals surface area contributed by atoms with Gasteiger partial charge in [0.1, 0.15) is 4.90 Å². The van der Waals surface area contributed by atoms with Gasteiger partial charge < -0.3 is 5.32 Å². The van der Waals surface area contributed by atoms with Gasteiger partial charge in [-0.15, -0.1) is 0 Å². The number of rotatable bonds is 6. The number of hydrogen-bond acceptors (Lipinski definition) is 6. The van der Waals surface area contributed by atoms with Crippen molar-refractivity contribution in [3.63, 3.8) is 0 Å². The second-order valence-corrected chi connectivity index (χ2v) is 6.21. The third kappa shape index (κ3) is 3.56. The predicted molar refractivity (Wildman–Crippen MR) is 78.2 cm³/mol. The van der Waals surface area contributed by atoms with Crippen LogP contribution in [0.25, 0.3) is 0 Å². The van der Waals surface area contributed by atoms with Gasteiger partial charge in [0.05, 0.1) is 18.1 Å². The molecule has 2 aromatic rings. The molecule has 2 rings (SSSR count). The van der Waals surface area contributed by atoms with E-state index in [9.17, 15) is 8.42 Å². The predicted octanol–water partition coefficient (Wildman–Crippen LogP) is 0.293. The van der Waals surface area contributed by atoms with Crippen molar-refractivity contribution in [1.82, 2.24) is 24.5 Å². The molecule has 0 saturated heterocycles. The molecule has 0 aromatic carbocycles. The average molecular weight is 310 g/mol. The van der Waals surface area contributed by atoms with E-state index in [1.165, 1.54) is 12.4 Å². The van der Waals surface area contributed by atoms with Gasteiger partial charge in [0, 0.05) is 32.4 Å². The Labute approximate surface area is 123 Å². The molecule has 8 nitrogen and oxygen atoms in total. The normalized spacial score (nSPS) is 11.6. The van der Waals surface area contributed by atoms with E-state index in [1.54, 1.807) is 11.7 Å². The second kappa shape index (κ2) is 6.19. The van der Waals surface area contributed by atoms with E-state index in [-0.39, 0.29) is 11.4 Å². The Morgan fingerprint density at radius 1 is 1.29 bits per heavy atom. The van der Waals surface area contributed by atoms with Gasteiger partial charge in [-0.3, -0.25) is 4.68 Å². The molecular formula is C12H18N6O2S. The van der Waals surface area contributed by atoms with Crippen LogP contribution in [0.15, 0.2) is 23.5 Å². The van der Waals surface area contributed by atoms with Gasteiger partial charge in [-0.05, 0) is 6.42 Å². The van der Waals surface area contributed by atoms with Crippen LogP contribution >= 0.6 is 0 Å². The number of nitrogens with zero attached hydrogens (tertiary/aromatic N) is 4. The van der Waals surface area contributed by atoms with Crippen LogP contribution in [0.3, 0.4) is 0 Å². The summed E-state index contributed by atoms with van der Waals surface area (Å²) < 4.78 is 28.6. The maximum Gasteiger partial charge on any atom is 0.243 e. The molecule has 0 aliphatic carbocycles. The molecule has 2 aromatic heterocycles. The van der Waals surface area contributed by atoms with E-state index in [1.807, 2.05) is 20.2 Å². The van der Waals surface area contributed by atoms with Gasteiger partial charge >= 0.3 is 0 Å². The molecule has 0 atom stereocenters. The smallest absolute Gasteiger partial charge is 0.243 e. The zero-order valence-corrected chi connectivity index (χ0v) is 13.0. The summed E-state index contributed by atoms with van der Waals surface area (Å²) >= 11 is 0. The molecule has 0 unspecified atom stereocenters. The zero-order chi connectivity index (χ0) is 15.5. The van der Waals surface area contributed by atoms with Gasteiger partial charge in [0.2, 0.25) is 16.0 Å². The summed E-state index contributed by atoms with van der Waals surface area (Å²) in [7, 11) is -0.169.